The molecule has 2 aromatic heterocycles. The largest absolute Gasteiger partial charge is 0.495 e. The van der Waals surface area contributed by atoms with Gasteiger partial charge in [-0.2, -0.15) is 0 Å². The molecule has 1 fully saturated rings. The van der Waals surface area contributed by atoms with E-state index in [0.717, 1.165) is 60.8 Å². The SMILES string of the molecule is COc1ccccc1N1CC[NH+](Cc2nnc3c4ccccc4ncn23)CC1. The Hall–Kier alpha value is -3.19. The zero-order chi connectivity index (χ0) is 18.9. The number of piperazine rings is 1. The number of anilines is 1. The normalized spacial score (nSPS) is 15.4. The van der Waals surface area contributed by atoms with Gasteiger partial charge in [-0.15, -0.1) is 10.2 Å². The molecule has 1 aliphatic rings. The fraction of sp³-hybridized carbons (Fsp3) is 0.286. The molecule has 142 valence electrons. The van der Waals surface area contributed by atoms with Crippen LogP contribution < -0.4 is 14.5 Å². The Morgan fingerprint density at radius 3 is 2.64 bits per heavy atom. The van der Waals surface area contributed by atoms with E-state index in [-0.39, 0.29) is 0 Å². The minimum absolute atomic E-state index is 0.848. The van der Waals surface area contributed by atoms with Crippen LogP contribution in [-0.4, -0.2) is 52.9 Å². The quantitative estimate of drug-likeness (QED) is 0.581. The number of rotatable bonds is 4. The van der Waals surface area contributed by atoms with E-state index in [4.69, 9.17) is 4.74 Å². The van der Waals surface area contributed by atoms with E-state index in [1.807, 2.05) is 41.1 Å². The van der Waals surface area contributed by atoms with Crippen molar-refractivity contribution in [2.45, 2.75) is 6.54 Å². The smallest absolute Gasteiger partial charge is 0.193 e. The first-order valence-corrected chi connectivity index (χ1v) is 9.62. The number of ether oxygens (including phenoxy) is 1. The van der Waals surface area contributed by atoms with Gasteiger partial charge in [0, 0.05) is 5.39 Å². The van der Waals surface area contributed by atoms with Crippen molar-refractivity contribution < 1.29 is 9.64 Å². The summed E-state index contributed by atoms with van der Waals surface area (Å²) in [5, 5.41) is 9.93. The molecule has 0 aliphatic carbocycles. The molecule has 0 bridgehead atoms. The van der Waals surface area contributed by atoms with E-state index in [9.17, 15) is 0 Å². The molecule has 1 saturated heterocycles. The maximum atomic E-state index is 5.52. The fourth-order valence-corrected chi connectivity index (χ4v) is 4.00. The number of quaternary nitrogens is 1. The van der Waals surface area contributed by atoms with E-state index in [1.54, 1.807) is 7.11 Å². The molecule has 0 amide bonds. The van der Waals surface area contributed by atoms with Crippen molar-refractivity contribution in [3.05, 3.63) is 60.7 Å². The number of nitrogens with one attached hydrogen (secondary N) is 1. The van der Waals surface area contributed by atoms with Gasteiger partial charge in [0.1, 0.15) is 18.6 Å². The molecule has 0 atom stereocenters. The van der Waals surface area contributed by atoms with Crippen LogP contribution in [0, 0.1) is 0 Å². The van der Waals surface area contributed by atoms with Crippen molar-refractivity contribution in [3.63, 3.8) is 0 Å². The average Bonchev–Trinajstić information content (AvgIpc) is 3.17. The van der Waals surface area contributed by atoms with E-state index in [1.165, 1.54) is 10.6 Å². The number of aromatic nitrogens is 4. The molecule has 2 aromatic carbocycles. The summed E-state index contributed by atoms with van der Waals surface area (Å²) in [5.41, 5.74) is 3.01. The molecule has 7 nitrogen and oxygen atoms in total. The number of hydrogen-bond acceptors (Lipinski definition) is 5. The number of hydrogen-bond donors (Lipinski definition) is 1. The van der Waals surface area contributed by atoms with Crippen LogP contribution in [-0.2, 0) is 6.54 Å². The van der Waals surface area contributed by atoms with Crippen LogP contribution in [0.4, 0.5) is 5.69 Å². The molecule has 1 aliphatic heterocycles. The Bertz CT molecular complexity index is 1120. The topological polar surface area (TPSA) is 60.0 Å². The molecule has 28 heavy (non-hydrogen) atoms. The molecule has 3 heterocycles. The van der Waals surface area contributed by atoms with Crippen LogP contribution in [0.15, 0.2) is 54.9 Å². The summed E-state index contributed by atoms with van der Waals surface area (Å²) >= 11 is 0. The van der Waals surface area contributed by atoms with Gasteiger partial charge >= 0.3 is 0 Å². The Morgan fingerprint density at radius 2 is 1.79 bits per heavy atom. The Kier molecular flexibility index (Phi) is 4.29. The van der Waals surface area contributed by atoms with Gasteiger partial charge in [0.15, 0.2) is 11.5 Å². The number of benzene rings is 2. The Morgan fingerprint density at radius 1 is 1.00 bits per heavy atom. The van der Waals surface area contributed by atoms with Gasteiger partial charge in [-0.1, -0.05) is 24.3 Å². The lowest BCUT2D eigenvalue weighted by molar-refractivity contribution is -0.915. The monoisotopic (exact) mass is 375 g/mol. The van der Waals surface area contributed by atoms with Gasteiger partial charge in [0.25, 0.3) is 0 Å². The predicted octanol–water partition coefficient (Wildman–Crippen LogP) is 1.19. The first-order valence-electron chi connectivity index (χ1n) is 9.62. The molecule has 0 radical (unpaired) electrons. The van der Waals surface area contributed by atoms with E-state index >= 15 is 0 Å². The molecular weight excluding hydrogens is 352 g/mol. The average molecular weight is 375 g/mol. The predicted molar refractivity (Wildman–Crippen MR) is 108 cm³/mol. The van der Waals surface area contributed by atoms with Gasteiger partial charge in [-0.3, -0.25) is 4.40 Å². The molecule has 1 N–H and O–H groups in total. The second-order valence-electron chi connectivity index (χ2n) is 7.16. The van der Waals surface area contributed by atoms with Crippen molar-refractivity contribution in [1.29, 1.82) is 0 Å². The molecular formula is C21H23N6O+. The van der Waals surface area contributed by atoms with Crippen LogP contribution in [0.25, 0.3) is 16.6 Å². The van der Waals surface area contributed by atoms with Crippen LogP contribution in [0.2, 0.25) is 0 Å². The van der Waals surface area contributed by atoms with Crippen molar-refractivity contribution in [2.75, 3.05) is 38.2 Å². The summed E-state index contributed by atoms with van der Waals surface area (Å²) in [5.74, 6) is 1.90. The third kappa shape index (κ3) is 2.93. The third-order valence-corrected chi connectivity index (χ3v) is 5.53. The molecule has 0 saturated carbocycles. The zero-order valence-electron chi connectivity index (χ0n) is 15.9. The van der Waals surface area contributed by atoms with Gasteiger partial charge < -0.3 is 14.5 Å². The van der Waals surface area contributed by atoms with E-state index in [0.29, 0.717) is 0 Å². The summed E-state index contributed by atoms with van der Waals surface area (Å²) in [6.45, 7) is 4.93. The molecule has 7 heteroatoms. The van der Waals surface area contributed by atoms with Crippen molar-refractivity contribution in [1.82, 2.24) is 19.6 Å². The highest BCUT2D eigenvalue weighted by atomic mass is 16.5. The van der Waals surface area contributed by atoms with Crippen molar-refractivity contribution in [3.8, 4) is 5.75 Å². The Balaban J connectivity index is 1.32. The van der Waals surface area contributed by atoms with Crippen LogP contribution in [0.3, 0.4) is 0 Å². The molecule has 0 unspecified atom stereocenters. The highest BCUT2D eigenvalue weighted by Crippen LogP contribution is 2.27. The van der Waals surface area contributed by atoms with E-state index in [2.05, 4.69) is 38.3 Å². The minimum atomic E-state index is 0.848. The van der Waals surface area contributed by atoms with Crippen LogP contribution >= 0.6 is 0 Å². The van der Waals surface area contributed by atoms with Crippen LogP contribution in [0.1, 0.15) is 5.82 Å². The van der Waals surface area contributed by atoms with Crippen molar-refractivity contribution in [2.24, 2.45) is 0 Å². The summed E-state index contributed by atoms with van der Waals surface area (Å²) < 4.78 is 7.55. The minimum Gasteiger partial charge on any atom is -0.495 e. The molecule has 5 rings (SSSR count). The summed E-state index contributed by atoms with van der Waals surface area (Å²) in [6.07, 6.45) is 1.84. The first-order chi connectivity index (χ1) is 13.8. The van der Waals surface area contributed by atoms with Gasteiger partial charge in [-0.05, 0) is 24.3 Å². The summed E-state index contributed by atoms with van der Waals surface area (Å²) in [6, 6.07) is 16.3. The lowest BCUT2D eigenvalue weighted by atomic mass is 10.2. The zero-order valence-corrected chi connectivity index (χ0v) is 15.9. The molecule has 4 aromatic rings. The number of methoxy groups -OCH3 is 1. The number of para-hydroxylation sites is 3. The molecule has 0 spiro atoms. The first kappa shape index (κ1) is 16.9. The summed E-state index contributed by atoms with van der Waals surface area (Å²) in [7, 11) is 1.73. The van der Waals surface area contributed by atoms with E-state index < -0.39 is 0 Å². The Labute approximate surface area is 163 Å². The van der Waals surface area contributed by atoms with Crippen molar-refractivity contribution >= 4 is 22.2 Å². The highest BCUT2D eigenvalue weighted by Gasteiger charge is 2.24. The third-order valence-electron chi connectivity index (χ3n) is 5.53. The number of fused-ring (bicyclic) bond motifs is 3. The van der Waals surface area contributed by atoms with Crippen LogP contribution in [0.5, 0.6) is 5.75 Å². The fourth-order valence-electron chi connectivity index (χ4n) is 4.00. The number of nitrogens with zero attached hydrogens (tertiary/aromatic N) is 5. The lowest BCUT2D eigenvalue weighted by Crippen LogP contribution is -3.13. The van der Waals surface area contributed by atoms with Gasteiger partial charge in [-0.25, -0.2) is 4.98 Å². The second-order valence-corrected chi connectivity index (χ2v) is 7.16. The standard InChI is InChI=1S/C21H22N6O/c1-28-19-9-5-4-8-18(19)26-12-10-25(11-13-26)14-20-23-24-21-16-6-2-3-7-17(16)22-15-27(20)21/h2-9,15H,10-14H2,1H3/p+1. The summed E-state index contributed by atoms with van der Waals surface area (Å²) in [4.78, 5) is 8.47. The van der Waals surface area contributed by atoms with Gasteiger partial charge in [0.2, 0.25) is 0 Å². The highest BCUT2D eigenvalue weighted by molar-refractivity contribution is 5.90. The lowest BCUT2D eigenvalue weighted by Gasteiger charge is -2.34. The van der Waals surface area contributed by atoms with Gasteiger partial charge in [0.05, 0.1) is 44.5 Å². The maximum absolute atomic E-state index is 5.52. The second kappa shape index (κ2) is 7.09. The maximum Gasteiger partial charge on any atom is 0.193 e.